The zero-order chi connectivity index (χ0) is 18.2. The van der Waals surface area contributed by atoms with Gasteiger partial charge in [0, 0.05) is 18.0 Å². The van der Waals surface area contributed by atoms with Crippen molar-refractivity contribution in [2.75, 3.05) is 19.6 Å². The van der Waals surface area contributed by atoms with Crippen LogP contribution in [-0.2, 0) is 11.2 Å². The zero-order valence-corrected chi connectivity index (χ0v) is 16.0. The minimum Gasteiger partial charge on any atom is -0.351 e. The molecule has 1 N–H and O–H groups in total. The summed E-state index contributed by atoms with van der Waals surface area (Å²) in [6, 6.07) is 17.1. The number of fused-ring (bicyclic) bond motifs is 4. The van der Waals surface area contributed by atoms with Crippen LogP contribution < -0.4 is 5.32 Å². The quantitative estimate of drug-likeness (QED) is 0.754. The maximum absolute atomic E-state index is 12.6. The van der Waals surface area contributed by atoms with Crippen molar-refractivity contribution >= 4 is 27.5 Å². The first kappa shape index (κ1) is 16.9. The number of aromatic nitrogens is 1. The Balaban J connectivity index is 1.31. The number of amides is 1. The maximum atomic E-state index is 12.6. The largest absolute Gasteiger partial charge is 0.351 e. The molecule has 3 aliphatic rings. The van der Waals surface area contributed by atoms with E-state index in [1.807, 2.05) is 6.07 Å². The minimum atomic E-state index is 0.105. The number of carbonyl (C=O) groups excluding carboxylic acids is 1. The highest BCUT2D eigenvalue weighted by Crippen LogP contribution is 2.30. The molecule has 4 heterocycles. The summed E-state index contributed by atoms with van der Waals surface area (Å²) in [7, 11) is 0. The molecule has 6 rings (SSSR count). The normalized spacial score (nSPS) is 24.2. The summed E-state index contributed by atoms with van der Waals surface area (Å²) in [5.74, 6) is 0.757. The highest BCUT2D eigenvalue weighted by Gasteiger charge is 2.34. The van der Waals surface area contributed by atoms with Crippen molar-refractivity contribution in [2.24, 2.45) is 5.92 Å². The molecule has 1 amide bonds. The third-order valence-corrected chi connectivity index (χ3v) is 6.83. The molecule has 0 spiro atoms. The molecule has 27 heavy (non-hydrogen) atoms. The van der Waals surface area contributed by atoms with Crippen LogP contribution in [0.15, 0.2) is 48.5 Å². The van der Waals surface area contributed by atoms with Crippen LogP contribution in [0.1, 0.15) is 18.5 Å². The molecule has 5 heteroatoms. The molecule has 0 aliphatic carbocycles. The van der Waals surface area contributed by atoms with E-state index >= 15 is 0 Å². The fourth-order valence-corrected chi connectivity index (χ4v) is 5.30. The van der Waals surface area contributed by atoms with Crippen molar-refractivity contribution in [3.63, 3.8) is 0 Å². The second-order valence-electron chi connectivity index (χ2n) is 7.70. The number of hydrogen-bond donors (Lipinski definition) is 1. The smallest absolute Gasteiger partial charge is 0.226 e. The van der Waals surface area contributed by atoms with Crippen LogP contribution in [0.25, 0.3) is 21.2 Å². The lowest BCUT2D eigenvalue weighted by molar-refractivity contribution is -0.122. The van der Waals surface area contributed by atoms with E-state index in [1.165, 1.54) is 48.6 Å². The SMILES string of the molecule is O=C(Cc1nsc2cc(-c3ccccc3)ccc12)N[C@H]1CN2CCC1CC2. The summed E-state index contributed by atoms with van der Waals surface area (Å²) in [6.07, 6.45) is 2.80. The molecule has 0 radical (unpaired) electrons. The molecule has 0 unspecified atom stereocenters. The second kappa shape index (κ2) is 7.06. The Labute approximate surface area is 163 Å². The summed E-state index contributed by atoms with van der Waals surface area (Å²) in [5, 5.41) is 4.38. The fraction of sp³-hybridized carbons (Fsp3) is 0.364. The minimum absolute atomic E-state index is 0.105. The van der Waals surface area contributed by atoms with Gasteiger partial charge in [-0.1, -0.05) is 42.5 Å². The molecular weight excluding hydrogens is 354 g/mol. The molecule has 138 valence electrons. The number of rotatable bonds is 4. The molecule has 2 bridgehead atoms. The Kier molecular flexibility index (Phi) is 4.42. The van der Waals surface area contributed by atoms with E-state index in [9.17, 15) is 4.79 Å². The topological polar surface area (TPSA) is 45.2 Å². The molecule has 2 aromatic carbocycles. The Morgan fingerprint density at radius 2 is 1.93 bits per heavy atom. The van der Waals surface area contributed by atoms with Crippen molar-refractivity contribution in [1.29, 1.82) is 0 Å². The maximum Gasteiger partial charge on any atom is 0.226 e. The predicted molar refractivity (Wildman–Crippen MR) is 110 cm³/mol. The average Bonchev–Trinajstić information content (AvgIpc) is 3.11. The highest BCUT2D eigenvalue weighted by molar-refractivity contribution is 7.13. The van der Waals surface area contributed by atoms with Gasteiger partial charge in [0.1, 0.15) is 0 Å². The third kappa shape index (κ3) is 3.37. The van der Waals surface area contributed by atoms with Crippen LogP contribution in [0.3, 0.4) is 0 Å². The van der Waals surface area contributed by atoms with Crippen LogP contribution in [0.4, 0.5) is 0 Å². The van der Waals surface area contributed by atoms with Gasteiger partial charge in [-0.2, -0.15) is 4.37 Å². The molecule has 3 saturated heterocycles. The van der Waals surface area contributed by atoms with Gasteiger partial charge < -0.3 is 10.2 Å². The van der Waals surface area contributed by atoms with E-state index in [4.69, 9.17) is 0 Å². The van der Waals surface area contributed by atoms with Gasteiger partial charge in [0.15, 0.2) is 0 Å². The average molecular weight is 378 g/mol. The van der Waals surface area contributed by atoms with Crippen LogP contribution in [0.5, 0.6) is 0 Å². The van der Waals surface area contributed by atoms with E-state index in [0.29, 0.717) is 18.4 Å². The summed E-state index contributed by atoms with van der Waals surface area (Å²) in [4.78, 5) is 15.1. The first-order chi connectivity index (χ1) is 13.3. The first-order valence-corrected chi connectivity index (χ1v) is 10.5. The molecular formula is C22H23N3OS. The van der Waals surface area contributed by atoms with Crippen molar-refractivity contribution in [3.05, 3.63) is 54.2 Å². The lowest BCUT2D eigenvalue weighted by atomic mass is 9.84. The van der Waals surface area contributed by atoms with Gasteiger partial charge in [-0.15, -0.1) is 0 Å². The Morgan fingerprint density at radius 3 is 2.67 bits per heavy atom. The van der Waals surface area contributed by atoms with Gasteiger partial charge in [0.25, 0.3) is 0 Å². The monoisotopic (exact) mass is 377 g/mol. The predicted octanol–water partition coefficient (Wildman–Crippen LogP) is 3.72. The summed E-state index contributed by atoms with van der Waals surface area (Å²) < 4.78 is 5.72. The number of nitrogens with zero attached hydrogens (tertiary/aromatic N) is 2. The number of benzene rings is 2. The van der Waals surface area contributed by atoms with Gasteiger partial charge in [-0.05, 0) is 60.6 Å². The van der Waals surface area contributed by atoms with E-state index in [2.05, 4.69) is 57.1 Å². The summed E-state index contributed by atoms with van der Waals surface area (Å²) in [5.41, 5.74) is 3.29. The fourth-order valence-electron chi connectivity index (χ4n) is 4.47. The van der Waals surface area contributed by atoms with Crippen LogP contribution in [0.2, 0.25) is 0 Å². The molecule has 3 fully saturated rings. The van der Waals surface area contributed by atoms with Crippen molar-refractivity contribution in [1.82, 2.24) is 14.6 Å². The molecule has 3 aliphatic heterocycles. The van der Waals surface area contributed by atoms with Gasteiger partial charge in [-0.3, -0.25) is 4.79 Å². The Hall–Kier alpha value is -2.24. The van der Waals surface area contributed by atoms with Crippen LogP contribution in [0, 0.1) is 5.92 Å². The Morgan fingerprint density at radius 1 is 1.11 bits per heavy atom. The number of hydrogen-bond acceptors (Lipinski definition) is 4. The molecule has 4 nitrogen and oxygen atoms in total. The van der Waals surface area contributed by atoms with Crippen LogP contribution >= 0.6 is 11.5 Å². The molecule has 1 atom stereocenters. The molecule has 3 aromatic rings. The third-order valence-electron chi connectivity index (χ3n) is 5.98. The molecule has 0 saturated carbocycles. The molecule has 1 aromatic heterocycles. The first-order valence-electron chi connectivity index (χ1n) is 9.72. The van der Waals surface area contributed by atoms with Gasteiger partial charge in [-0.25, -0.2) is 0 Å². The van der Waals surface area contributed by atoms with Crippen molar-refractivity contribution in [3.8, 4) is 11.1 Å². The van der Waals surface area contributed by atoms with Gasteiger partial charge in [0.2, 0.25) is 5.91 Å². The summed E-state index contributed by atoms with van der Waals surface area (Å²) in [6.45, 7) is 3.39. The van der Waals surface area contributed by atoms with E-state index in [1.54, 1.807) is 0 Å². The van der Waals surface area contributed by atoms with E-state index in [-0.39, 0.29) is 5.91 Å². The van der Waals surface area contributed by atoms with E-state index in [0.717, 1.165) is 22.3 Å². The summed E-state index contributed by atoms with van der Waals surface area (Å²) >= 11 is 1.48. The lowest BCUT2D eigenvalue weighted by Gasteiger charge is -2.44. The number of piperidine rings is 3. The van der Waals surface area contributed by atoms with Crippen molar-refractivity contribution in [2.45, 2.75) is 25.3 Å². The second-order valence-corrected chi connectivity index (χ2v) is 8.50. The highest BCUT2D eigenvalue weighted by atomic mass is 32.1. The van der Waals surface area contributed by atoms with Crippen molar-refractivity contribution < 1.29 is 4.79 Å². The number of nitrogens with one attached hydrogen (secondary N) is 1. The lowest BCUT2D eigenvalue weighted by Crippen LogP contribution is -2.57. The van der Waals surface area contributed by atoms with Gasteiger partial charge >= 0.3 is 0 Å². The number of carbonyl (C=O) groups is 1. The zero-order valence-electron chi connectivity index (χ0n) is 15.2. The van der Waals surface area contributed by atoms with E-state index < -0.39 is 0 Å². The Bertz CT molecular complexity index is 960. The standard InChI is InChI=1S/C22H23N3OS/c26-22(23-20-14-25-10-8-16(20)9-11-25)13-19-18-7-6-17(12-21(18)27-24-19)15-4-2-1-3-5-15/h1-7,12,16,20H,8-11,13-14H2,(H,23,26)/t20-/m0/s1. The van der Waals surface area contributed by atoms with Gasteiger partial charge in [0.05, 0.1) is 16.8 Å². The van der Waals surface area contributed by atoms with Crippen LogP contribution in [-0.4, -0.2) is 40.9 Å².